The number of imidazole rings is 1. The lowest BCUT2D eigenvalue weighted by atomic mass is 10.2. The smallest absolute Gasteiger partial charge is 0.359 e. The highest BCUT2D eigenvalue weighted by Gasteiger charge is 2.38. The van der Waals surface area contributed by atoms with Crippen LogP contribution in [0.25, 0.3) is 16.6 Å². The summed E-state index contributed by atoms with van der Waals surface area (Å²) < 4.78 is 68.6. The maximum atomic E-state index is 14.3. The van der Waals surface area contributed by atoms with Crippen LogP contribution in [-0.2, 0) is 29.3 Å². The van der Waals surface area contributed by atoms with Gasteiger partial charge < -0.3 is 9.47 Å². The van der Waals surface area contributed by atoms with E-state index in [0.717, 1.165) is 15.8 Å². The van der Waals surface area contributed by atoms with Crippen LogP contribution in [0.5, 0.6) is 0 Å². The topological polar surface area (TPSA) is 142 Å². The first-order valence-corrected chi connectivity index (χ1v) is 16.3. The van der Waals surface area contributed by atoms with Crippen molar-refractivity contribution in [2.75, 3.05) is 18.0 Å². The van der Waals surface area contributed by atoms with Crippen LogP contribution in [0.3, 0.4) is 0 Å². The Morgan fingerprint density at radius 2 is 1.23 bits per heavy atom. The molecule has 13 heteroatoms. The number of aryl methyl sites for hydroxylation is 2. The molecule has 3 aromatic carbocycles. The summed E-state index contributed by atoms with van der Waals surface area (Å²) in [5, 5.41) is 0.197. The number of nitrogens with zero attached hydrogens (tertiary/aromatic N) is 2. The van der Waals surface area contributed by atoms with Gasteiger partial charge in [-0.3, -0.25) is 4.40 Å². The van der Waals surface area contributed by atoms with Crippen LogP contribution in [0, 0.1) is 13.8 Å². The summed E-state index contributed by atoms with van der Waals surface area (Å²) in [7, 11) is -8.82. The average molecular weight is 624 g/mol. The Balaban J connectivity index is 1.97. The van der Waals surface area contributed by atoms with E-state index in [0.29, 0.717) is 0 Å². The monoisotopic (exact) mass is 623 g/mol. The highest BCUT2D eigenvalue weighted by atomic mass is 32.2. The fourth-order valence-corrected chi connectivity index (χ4v) is 7.43. The van der Waals surface area contributed by atoms with Gasteiger partial charge in [0, 0.05) is 5.39 Å². The van der Waals surface area contributed by atoms with Crippen molar-refractivity contribution in [2.45, 2.75) is 42.4 Å². The van der Waals surface area contributed by atoms with Crippen molar-refractivity contribution in [3.63, 3.8) is 0 Å². The average Bonchev–Trinajstić information content (AvgIpc) is 3.47. The summed E-state index contributed by atoms with van der Waals surface area (Å²) in [6, 6.07) is 18.4. The fraction of sp³-hybridized carbons (Fsp3) is 0.200. The number of aromatic nitrogens is 2. The third-order valence-electron chi connectivity index (χ3n) is 6.77. The first kappa shape index (κ1) is 29.9. The molecule has 0 unspecified atom stereocenters. The standard InChI is InChI=1S/C30H29N3O8S2/c1-5-40-29(34)25-26(30(35)41-6-2)33(31-43(38,39)22-17-13-20(4)14-18-22)28-27(23-9-7-8-10-24(23)32(25)28)42(36,37)21-15-11-19(3)12-16-21/h7-18,31H,5-6H2,1-4H3. The molecular formula is C30H29N3O8S2. The van der Waals surface area contributed by atoms with Gasteiger partial charge in [0.2, 0.25) is 9.84 Å². The van der Waals surface area contributed by atoms with Gasteiger partial charge in [0.15, 0.2) is 17.0 Å². The number of ether oxygens (including phenoxy) is 2. The molecule has 0 aliphatic heterocycles. The number of hydrogen-bond acceptors (Lipinski definition) is 8. The number of esters is 2. The van der Waals surface area contributed by atoms with Gasteiger partial charge in [0.25, 0.3) is 10.0 Å². The van der Waals surface area contributed by atoms with E-state index in [2.05, 4.69) is 4.83 Å². The number of fused-ring (bicyclic) bond motifs is 3. The summed E-state index contributed by atoms with van der Waals surface area (Å²) in [6.45, 7) is 6.53. The Labute approximate surface area is 248 Å². The molecule has 0 bridgehead atoms. The summed E-state index contributed by atoms with van der Waals surface area (Å²) >= 11 is 0. The number of carbonyl (C=O) groups excluding carboxylic acids is 2. The second-order valence-corrected chi connectivity index (χ2v) is 13.3. The number of nitrogens with one attached hydrogen (secondary N) is 1. The maximum absolute atomic E-state index is 14.3. The molecule has 11 nitrogen and oxygen atoms in total. The SMILES string of the molecule is CCOC(=O)c1c(C(=O)OCC)n2c3ccccc3c(S(=O)(=O)c3ccc(C)cc3)c2n1NS(=O)(=O)c1ccc(C)cc1. The van der Waals surface area contributed by atoms with Gasteiger partial charge in [-0.25, -0.2) is 27.5 Å². The predicted molar refractivity (Wildman–Crippen MR) is 159 cm³/mol. The minimum atomic E-state index is -4.44. The molecule has 0 saturated heterocycles. The highest BCUT2D eigenvalue weighted by Crippen LogP contribution is 2.38. The number of benzene rings is 3. The molecule has 0 saturated carbocycles. The van der Waals surface area contributed by atoms with E-state index >= 15 is 0 Å². The van der Waals surface area contributed by atoms with Gasteiger partial charge in [-0.05, 0) is 58.0 Å². The van der Waals surface area contributed by atoms with Crippen LogP contribution in [0.2, 0.25) is 0 Å². The van der Waals surface area contributed by atoms with Crippen molar-refractivity contribution in [3.05, 3.63) is 95.3 Å². The van der Waals surface area contributed by atoms with E-state index in [1.807, 2.05) is 6.92 Å². The van der Waals surface area contributed by atoms with Gasteiger partial charge in [0.1, 0.15) is 4.90 Å². The summed E-state index contributed by atoms with van der Waals surface area (Å²) in [6.07, 6.45) is 0. The third-order valence-corrected chi connectivity index (χ3v) is 9.92. The van der Waals surface area contributed by atoms with Gasteiger partial charge in [-0.2, -0.15) is 8.42 Å². The number of sulfone groups is 1. The van der Waals surface area contributed by atoms with Gasteiger partial charge in [0.05, 0.1) is 28.5 Å². The quantitative estimate of drug-likeness (QED) is 0.234. The second-order valence-electron chi connectivity index (χ2n) is 9.70. The first-order valence-electron chi connectivity index (χ1n) is 13.4. The normalized spacial score (nSPS) is 12.0. The minimum Gasteiger partial charge on any atom is -0.461 e. The Hall–Kier alpha value is -4.62. The number of sulfonamides is 1. The molecule has 0 amide bonds. The molecule has 0 aliphatic carbocycles. The highest BCUT2D eigenvalue weighted by molar-refractivity contribution is 7.92. The van der Waals surface area contributed by atoms with Gasteiger partial charge in [-0.1, -0.05) is 53.6 Å². The Morgan fingerprint density at radius 3 is 1.79 bits per heavy atom. The second kappa shape index (κ2) is 11.2. The van der Waals surface area contributed by atoms with E-state index in [4.69, 9.17) is 9.47 Å². The van der Waals surface area contributed by atoms with Crippen molar-refractivity contribution in [1.82, 2.24) is 9.08 Å². The number of para-hydroxylation sites is 1. The molecule has 2 aromatic heterocycles. The first-order chi connectivity index (χ1) is 20.4. The number of hydrogen-bond donors (Lipinski definition) is 1. The number of carbonyl (C=O) groups is 2. The van der Waals surface area contributed by atoms with Crippen molar-refractivity contribution >= 4 is 48.3 Å². The molecule has 0 fully saturated rings. The molecule has 2 heterocycles. The zero-order chi connectivity index (χ0) is 31.1. The van der Waals surface area contributed by atoms with Crippen molar-refractivity contribution in [2.24, 2.45) is 0 Å². The lowest BCUT2D eigenvalue weighted by molar-refractivity contribution is 0.0467. The molecule has 5 aromatic rings. The van der Waals surface area contributed by atoms with Crippen LogP contribution < -0.4 is 4.83 Å². The van der Waals surface area contributed by atoms with Gasteiger partial charge >= 0.3 is 11.9 Å². The predicted octanol–water partition coefficient (Wildman–Crippen LogP) is 4.63. The molecule has 1 N–H and O–H groups in total. The Morgan fingerprint density at radius 1 is 0.721 bits per heavy atom. The molecule has 0 atom stereocenters. The lowest BCUT2D eigenvalue weighted by Crippen LogP contribution is -2.28. The van der Waals surface area contributed by atoms with Crippen LogP contribution in [-0.4, -0.2) is 51.1 Å². The van der Waals surface area contributed by atoms with E-state index in [-0.39, 0.29) is 44.5 Å². The molecule has 0 aliphatic rings. The fourth-order valence-electron chi connectivity index (χ4n) is 4.80. The summed E-state index contributed by atoms with van der Waals surface area (Å²) in [5.74, 6) is -2.05. The van der Waals surface area contributed by atoms with Crippen LogP contribution in [0.15, 0.2) is 87.5 Å². The Bertz CT molecular complexity index is 2090. The van der Waals surface area contributed by atoms with E-state index in [1.165, 1.54) is 28.7 Å². The molecule has 0 spiro atoms. The molecular weight excluding hydrogens is 594 g/mol. The zero-order valence-corrected chi connectivity index (χ0v) is 25.5. The van der Waals surface area contributed by atoms with Crippen molar-refractivity contribution in [1.29, 1.82) is 0 Å². The molecule has 0 radical (unpaired) electrons. The molecule has 43 heavy (non-hydrogen) atoms. The summed E-state index contributed by atoms with van der Waals surface area (Å²) in [4.78, 5) is 28.8. The van der Waals surface area contributed by atoms with Gasteiger partial charge in [-0.15, -0.1) is 0 Å². The Kier molecular flexibility index (Phi) is 7.80. The molecule has 224 valence electrons. The number of rotatable bonds is 9. The van der Waals surface area contributed by atoms with E-state index in [9.17, 15) is 26.4 Å². The largest absolute Gasteiger partial charge is 0.461 e. The van der Waals surface area contributed by atoms with Crippen LogP contribution >= 0.6 is 0 Å². The summed E-state index contributed by atoms with van der Waals surface area (Å²) in [5.41, 5.74) is 0.631. The van der Waals surface area contributed by atoms with Crippen molar-refractivity contribution in [3.8, 4) is 0 Å². The van der Waals surface area contributed by atoms with E-state index < -0.39 is 43.2 Å². The van der Waals surface area contributed by atoms with Crippen LogP contribution in [0.4, 0.5) is 0 Å². The lowest BCUT2D eigenvalue weighted by Gasteiger charge is -2.14. The minimum absolute atomic E-state index is 0.0686. The van der Waals surface area contributed by atoms with Crippen molar-refractivity contribution < 1.29 is 35.9 Å². The van der Waals surface area contributed by atoms with E-state index in [1.54, 1.807) is 69.3 Å². The zero-order valence-electron chi connectivity index (χ0n) is 23.8. The molecule has 5 rings (SSSR count). The maximum Gasteiger partial charge on any atom is 0.359 e. The van der Waals surface area contributed by atoms with Crippen LogP contribution in [0.1, 0.15) is 46.0 Å². The third kappa shape index (κ3) is 5.14.